The van der Waals surface area contributed by atoms with Crippen LogP contribution in [0.15, 0.2) is 65.5 Å². The second kappa shape index (κ2) is 8.12. The average Bonchev–Trinajstić information content (AvgIpc) is 3.06. The largest absolute Gasteiger partial charge is 0.439 e. The van der Waals surface area contributed by atoms with Crippen LogP contribution >= 0.6 is 0 Å². The Hall–Kier alpha value is -4.07. The van der Waals surface area contributed by atoms with Crippen molar-refractivity contribution < 1.29 is 9.53 Å². The summed E-state index contributed by atoms with van der Waals surface area (Å²) in [6, 6.07) is 16.6. The standard InChI is InChI=1S/C22H19N5O3/c1-15-18(16(2)27(24-15)17-8-4-3-5-9-17)12-13-21(28)30-14-26-22(29)19-10-6-7-11-20(19)23-25-26/h3-13H,14H2,1-2H3. The number of carbonyl (C=O) groups is 1. The van der Waals surface area contributed by atoms with E-state index in [1.165, 1.54) is 6.08 Å². The van der Waals surface area contributed by atoms with Gasteiger partial charge in [-0.05, 0) is 44.2 Å². The molecule has 8 heteroatoms. The zero-order valence-corrected chi connectivity index (χ0v) is 16.5. The molecular formula is C22H19N5O3. The van der Waals surface area contributed by atoms with Crippen LogP contribution in [0.4, 0.5) is 0 Å². The molecule has 0 aliphatic heterocycles. The van der Waals surface area contributed by atoms with Crippen molar-refractivity contribution in [3.05, 3.63) is 88.0 Å². The third kappa shape index (κ3) is 3.75. The topological polar surface area (TPSA) is 91.9 Å². The van der Waals surface area contributed by atoms with Crippen molar-refractivity contribution in [2.24, 2.45) is 0 Å². The normalized spacial score (nSPS) is 11.3. The number of nitrogens with zero attached hydrogens (tertiary/aromatic N) is 5. The fourth-order valence-corrected chi connectivity index (χ4v) is 3.15. The molecule has 2 heterocycles. The minimum Gasteiger partial charge on any atom is -0.439 e. The first-order chi connectivity index (χ1) is 14.5. The molecule has 0 radical (unpaired) electrons. The summed E-state index contributed by atoms with van der Waals surface area (Å²) in [5.41, 5.74) is 3.59. The van der Waals surface area contributed by atoms with Gasteiger partial charge in [-0.1, -0.05) is 35.5 Å². The number of carbonyl (C=O) groups excluding carboxylic acids is 1. The molecule has 4 aromatic rings. The highest BCUT2D eigenvalue weighted by atomic mass is 16.5. The Bertz CT molecular complexity index is 1310. The minimum absolute atomic E-state index is 0.318. The van der Waals surface area contributed by atoms with Gasteiger partial charge in [-0.2, -0.15) is 9.78 Å². The van der Waals surface area contributed by atoms with Gasteiger partial charge in [-0.3, -0.25) is 4.79 Å². The zero-order valence-electron chi connectivity index (χ0n) is 16.5. The number of esters is 1. The number of para-hydroxylation sites is 1. The smallest absolute Gasteiger partial charge is 0.332 e. The van der Waals surface area contributed by atoms with Crippen LogP contribution in [0.25, 0.3) is 22.7 Å². The number of hydrogen-bond acceptors (Lipinski definition) is 6. The van der Waals surface area contributed by atoms with Crippen LogP contribution in [-0.4, -0.2) is 30.7 Å². The fraction of sp³-hybridized carbons (Fsp3) is 0.136. The molecular weight excluding hydrogens is 382 g/mol. The Morgan fingerprint density at radius 3 is 2.60 bits per heavy atom. The van der Waals surface area contributed by atoms with Crippen molar-refractivity contribution in [2.45, 2.75) is 20.6 Å². The van der Waals surface area contributed by atoms with E-state index in [0.29, 0.717) is 10.9 Å². The van der Waals surface area contributed by atoms with E-state index in [4.69, 9.17) is 4.74 Å². The number of benzene rings is 2. The maximum Gasteiger partial charge on any atom is 0.332 e. The summed E-state index contributed by atoms with van der Waals surface area (Å²) in [7, 11) is 0. The number of ether oxygens (including phenoxy) is 1. The van der Waals surface area contributed by atoms with Gasteiger partial charge in [0, 0.05) is 17.3 Å². The summed E-state index contributed by atoms with van der Waals surface area (Å²) in [4.78, 5) is 24.6. The lowest BCUT2D eigenvalue weighted by atomic mass is 10.2. The Balaban J connectivity index is 1.48. The van der Waals surface area contributed by atoms with Crippen molar-refractivity contribution in [3.63, 3.8) is 0 Å². The Morgan fingerprint density at radius 1 is 1.07 bits per heavy atom. The fourth-order valence-electron chi connectivity index (χ4n) is 3.15. The monoisotopic (exact) mass is 401 g/mol. The quantitative estimate of drug-likeness (QED) is 0.377. The molecule has 0 saturated carbocycles. The average molecular weight is 401 g/mol. The SMILES string of the molecule is Cc1nn(-c2ccccc2)c(C)c1C=CC(=O)OCn1nnc2ccccc2c1=O. The summed E-state index contributed by atoms with van der Waals surface area (Å²) in [5.74, 6) is -0.594. The van der Waals surface area contributed by atoms with Gasteiger partial charge in [0.1, 0.15) is 5.52 Å². The van der Waals surface area contributed by atoms with Crippen molar-refractivity contribution in [1.29, 1.82) is 0 Å². The van der Waals surface area contributed by atoms with Gasteiger partial charge in [0.25, 0.3) is 5.56 Å². The van der Waals surface area contributed by atoms with Gasteiger partial charge in [0.2, 0.25) is 0 Å². The van der Waals surface area contributed by atoms with Gasteiger partial charge < -0.3 is 4.74 Å². The van der Waals surface area contributed by atoms with E-state index in [9.17, 15) is 9.59 Å². The number of rotatable bonds is 5. The van der Waals surface area contributed by atoms with E-state index >= 15 is 0 Å². The first-order valence-corrected chi connectivity index (χ1v) is 9.33. The number of aromatic nitrogens is 5. The minimum atomic E-state index is -0.594. The molecule has 0 N–H and O–H groups in total. The van der Waals surface area contributed by atoms with Gasteiger partial charge in [0.15, 0.2) is 6.73 Å². The highest BCUT2D eigenvalue weighted by molar-refractivity contribution is 5.87. The van der Waals surface area contributed by atoms with Crippen molar-refractivity contribution >= 4 is 22.9 Å². The van der Waals surface area contributed by atoms with Crippen LogP contribution < -0.4 is 5.56 Å². The van der Waals surface area contributed by atoms with Crippen LogP contribution in [-0.2, 0) is 16.3 Å². The molecule has 0 spiro atoms. The van der Waals surface area contributed by atoms with E-state index < -0.39 is 5.97 Å². The second-order valence-corrected chi connectivity index (χ2v) is 6.67. The first kappa shape index (κ1) is 19.3. The molecule has 4 rings (SSSR count). The van der Waals surface area contributed by atoms with Crippen LogP contribution in [0.1, 0.15) is 17.0 Å². The van der Waals surface area contributed by atoms with Crippen LogP contribution in [0.2, 0.25) is 0 Å². The Morgan fingerprint density at radius 2 is 1.80 bits per heavy atom. The van der Waals surface area contributed by atoms with E-state index in [1.54, 1.807) is 30.3 Å². The number of fused-ring (bicyclic) bond motifs is 1. The molecule has 2 aromatic carbocycles. The van der Waals surface area contributed by atoms with Crippen LogP contribution in [0, 0.1) is 13.8 Å². The van der Waals surface area contributed by atoms with Gasteiger partial charge in [0.05, 0.1) is 16.8 Å². The summed E-state index contributed by atoms with van der Waals surface area (Å²) in [6.07, 6.45) is 2.97. The van der Waals surface area contributed by atoms with Gasteiger partial charge in [-0.15, -0.1) is 5.10 Å². The summed E-state index contributed by atoms with van der Waals surface area (Å²) in [5, 5.41) is 12.7. The second-order valence-electron chi connectivity index (χ2n) is 6.67. The van der Waals surface area contributed by atoms with Crippen LogP contribution in [0.3, 0.4) is 0 Å². The number of aryl methyl sites for hydroxylation is 1. The molecule has 0 amide bonds. The third-order valence-electron chi connectivity index (χ3n) is 4.69. The Kier molecular flexibility index (Phi) is 5.21. The van der Waals surface area contributed by atoms with E-state index in [1.807, 2.05) is 48.9 Å². The summed E-state index contributed by atoms with van der Waals surface area (Å²) < 4.78 is 7.99. The van der Waals surface area contributed by atoms with Crippen molar-refractivity contribution in [1.82, 2.24) is 24.8 Å². The maximum atomic E-state index is 12.4. The molecule has 0 bridgehead atoms. The Labute approximate surface area is 172 Å². The lowest BCUT2D eigenvalue weighted by molar-refractivity contribution is -0.141. The zero-order chi connectivity index (χ0) is 21.1. The van der Waals surface area contributed by atoms with Gasteiger partial charge >= 0.3 is 5.97 Å². The molecule has 2 aromatic heterocycles. The third-order valence-corrected chi connectivity index (χ3v) is 4.69. The maximum absolute atomic E-state index is 12.4. The highest BCUT2D eigenvalue weighted by Crippen LogP contribution is 2.19. The molecule has 0 atom stereocenters. The summed E-state index contributed by atoms with van der Waals surface area (Å²) >= 11 is 0. The molecule has 30 heavy (non-hydrogen) atoms. The highest BCUT2D eigenvalue weighted by Gasteiger charge is 2.11. The summed E-state index contributed by atoms with van der Waals surface area (Å²) in [6.45, 7) is 3.49. The van der Waals surface area contributed by atoms with E-state index in [0.717, 1.165) is 27.3 Å². The molecule has 0 aliphatic carbocycles. The molecule has 0 fully saturated rings. The van der Waals surface area contributed by atoms with Crippen LogP contribution in [0.5, 0.6) is 0 Å². The van der Waals surface area contributed by atoms with Crippen molar-refractivity contribution in [2.75, 3.05) is 0 Å². The lowest BCUT2D eigenvalue weighted by Crippen LogP contribution is -2.26. The molecule has 0 aliphatic rings. The van der Waals surface area contributed by atoms with E-state index in [2.05, 4.69) is 15.4 Å². The molecule has 0 unspecified atom stereocenters. The predicted octanol–water partition coefficient (Wildman–Crippen LogP) is 2.81. The molecule has 8 nitrogen and oxygen atoms in total. The first-order valence-electron chi connectivity index (χ1n) is 9.33. The predicted molar refractivity (Wildman–Crippen MR) is 112 cm³/mol. The molecule has 150 valence electrons. The van der Waals surface area contributed by atoms with E-state index in [-0.39, 0.29) is 12.3 Å². The molecule has 0 saturated heterocycles. The van der Waals surface area contributed by atoms with Gasteiger partial charge in [-0.25, -0.2) is 9.48 Å². The number of hydrogen-bond donors (Lipinski definition) is 0. The van der Waals surface area contributed by atoms with Crippen molar-refractivity contribution in [3.8, 4) is 5.69 Å². The lowest BCUT2D eigenvalue weighted by Gasteiger charge is -2.05.